The van der Waals surface area contributed by atoms with E-state index in [1.54, 1.807) is 36.9 Å². The van der Waals surface area contributed by atoms with Gasteiger partial charge in [0.1, 0.15) is 5.75 Å². The second-order valence-corrected chi connectivity index (χ2v) is 7.12. The number of pyridine rings is 1. The Morgan fingerprint density at radius 2 is 2.00 bits per heavy atom. The van der Waals surface area contributed by atoms with Gasteiger partial charge in [-0.15, -0.1) is 0 Å². The summed E-state index contributed by atoms with van der Waals surface area (Å²) >= 11 is 0. The molecule has 4 aromatic rings. The molecule has 0 atom stereocenters. The Bertz CT molecular complexity index is 1170. The summed E-state index contributed by atoms with van der Waals surface area (Å²) in [7, 11) is 0. The molecule has 4 rings (SSSR count). The van der Waals surface area contributed by atoms with Gasteiger partial charge in [0, 0.05) is 60.1 Å². The van der Waals surface area contributed by atoms with Crippen LogP contribution in [-0.2, 0) is 6.54 Å². The largest absolute Gasteiger partial charge is 0.508 e. The molecule has 3 N–H and O–H groups in total. The Morgan fingerprint density at radius 1 is 1.10 bits per heavy atom. The lowest BCUT2D eigenvalue weighted by Crippen LogP contribution is -2.25. The van der Waals surface area contributed by atoms with Gasteiger partial charge in [0.25, 0.3) is 5.91 Å². The molecular formula is C23H23N5O2. The van der Waals surface area contributed by atoms with E-state index in [9.17, 15) is 9.90 Å². The van der Waals surface area contributed by atoms with Gasteiger partial charge in [-0.1, -0.05) is 6.07 Å². The Morgan fingerprint density at radius 3 is 2.83 bits per heavy atom. The topological polar surface area (TPSA) is 92.1 Å². The molecule has 2 aromatic heterocycles. The first-order chi connectivity index (χ1) is 14.6. The van der Waals surface area contributed by atoms with Crippen molar-refractivity contribution in [3.63, 3.8) is 0 Å². The van der Waals surface area contributed by atoms with Crippen molar-refractivity contribution in [2.75, 3.05) is 11.9 Å². The molecular weight excluding hydrogens is 378 g/mol. The van der Waals surface area contributed by atoms with Crippen LogP contribution in [0.3, 0.4) is 0 Å². The van der Waals surface area contributed by atoms with Crippen molar-refractivity contribution in [2.45, 2.75) is 19.9 Å². The maximum absolute atomic E-state index is 12.6. The molecule has 7 nitrogen and oxygen atoms in total. The number of hydrogen-bond acceptors (Lipinski definition) is 5. The van der Waals surface area contributed by atoms with Gasteiger partial charge < -0.3 is 20.3 Å². The number of nitrogens with one attached hydrogen (secondary N) is 2. The van der Waals surface area contributed by atoms with Gasteiger partial charge in [-0.25, -0.2) is 4.98 Å². The predicted molar refractivity (Wildman–Crippen MR) is 117 cm³/mol. The molecule has 0 aliphatic rings. The number of phenolic OH excluding ortho intramolecular Hbond substituents is 1. The van der Waals surface area contributed by atoms with Crippen LogP contribution in [0.4, 0.5) is 11.4 Å². The zero-order valence-electron chi connectivity index (χ0n) is 16.7. The van der Waals surface area contributed by atoms with Crippen LogP contribution in [-0.4, -0.2) is 32.1 Å². The molecule has 0 aliphatic carbocycles. The highest BCUT2D eigenvalue weighted by Crippen LogP contribution is 2.29. The number of carbonyl (C=O) groups excluding carboxylic acids is 1. The zero-order chi connectivity index (χ0) is 20.9. The Hall–Kier alpha value is -3.87. The summed E-state index contributed by atoms with van der Waals surface area (Å²) in [6, 6.07) is 12.5. The van der Waals surface area contributed by atoms with E-state index >= 15 is 0 Å². The molecule has 0 saturated carbocycles. The van der Waals surface area contributed by atoms with Crippen LogP contribution in [0, 0.1) is 6.92 Å². The number of aromatic nitrogens is 3. The van der Waals surface area contributed by atoms with Crippen LogP contribution < -0.4 is 10.6 Å². The summed E-state index contributed by atoms with van der Waals surface area (Å²) in [5, 5.41) is 17.0. The molecule has 2 heterocycles. The molecule has 0 aliphatic heterocycles. The third-order valence-electron chi connectivity index (χ3n) is 4.93. The van der Waals surface area contributed by atoms with E-state index in [0.717, 1.165) is 40.8 Å². The van der Waals surface area contributed by atoms with Crippen LogP contribution in [0.25, 0.3) is 10.9 Å². The summed E-state index contributed by atoms with van der Waals surface area (Å²) in [6.07, 6.45) is 7.95. The lowest BCUT2D eigenvalue weighted by Gasteiger charge is -2.13. The normalized spacial score (nSPS) is 10.8. The van der Waals surface area contributed by atoms with Crippen molar-refractivity contribution in [1.82, 2.24) is 19.9 Å². The van der Waals surface area contributed by atoms with E-state index in [-0.39, 0.29) is 11.7 Å². The SMILES string of the molecule is Cc1ccc(O)cc1Nc1ccnc2ccc(C(=O)NCCCn3ccnc3)cc12. The molecule has 0 bridgehead atoms. The molecule has 0 radical (unpaired) electrons. The maximum Gasteiger partial charge on any atom is 0.251 e. The highest BCUT2D eigenvalue weighted by molar-refractivity contribution is 6.01. The molecule has 2 aromatic carbocycles. The van der Waals surface area contributed by atoms with E-state index in [1.165, 1.54) is 0 Å². The van der Waals surface area contributed by atoms with Crippen molar-refractivity contribution < 1.29 is 9.90 Å². The lowest BCUT2D eigenvalue weighted by atomic mass is 10.1. The smallest absolute Gasteiger partial charge is 0.251 e. The quantitative estimate of drug-likeness (QED) is 0.407. The minimum atomic E-state index is -0.120. The average molecular weight is 401 g/mol. The second kappa shape index (κ2) is 8.65. The molecule has 0 saturated heterocycles. The van der Waals surface area contributed by atoms with Crippen molar-refractivity contribution in [1.29, 1.82) is 0 Å². The number of benzene rings is 2. The average Bonchev–Trinajstić information content (AvgIpc) is 3.27. The number of amides is 1. The number of hydrogen-bond donors (Lipinski definition) is 3. The number of imidazole rings is 1. The standard InChI is InChI=1S/C23H23N5O2/c1-16-3-5-18(29)14-22(16)27-21-7-9-25-20-6-4-17(13-19(20)21)23(30)26-8-2-11-28-12-10-24-15-28/h3-7,9-10,12-15,29H,2,8,11H2,1H3,(H,25,27)(H,26,30). The molecule has 0 fully saturated rings. The number of phenols is 1. The molecule has 30 heavy (non-hydrogen) atoms. The number of fused-ring (bicyclic) bond motifs is 1. The van der Waals surface area contributed by atoms with E-state index in [4.69, 9.17) is 0 Å². The van der Waals surface area contributed by atoms with Gasteiger partial charge >= 0.3 is 0 Å². The maximum atomic E-state index is 12.6. The number of carbonyl (C=O) groups is 1. The second-order valence-electron chi connectivity index (χ2n) is 7.12. The first-order valence-electron chi connectivity index (χ1n) is 9.79. The van der Waals surface area contributed by atoms with Crippen molar-refractivity contribution in [3.05, 3.63) is 78.5 Å². The van der Waals surface area contributed by atoms with Crippen LogP contribution in [0.5, 0.6) is 5.75 Å². The number of rotatable bonds is 7. The van der Waals surface area contributed by atoms with Crippen LogP contribution in [0.2, 0.25) is 0 Å². The van der Waals surface area contributed by atoms with Gasteiger partial charge in [0.05, 0.1) is 11.8 Å². The fraction of sp³-hybridized carbons (Fsp3) is 0.174. The zero-order valence-corrected chi connectivity index (χ0v) is 16.7. The molecule has 0 unspecified atom stereocenters. The Balaban J connectivity index is 1.50. The van der Waals surface area contributed by atoms with Crippen molar-refractivity contribution in [2.24, 2.45) is 0 Å². The van der Waals surface area contributed by atoms with Crippen LogP contribution in [0.15, 0.2) is 67.4 Å². The van der Waals surface area contributed by atoms with Gasteiger partial charge in [0.2, 0.25) is 0 Å². The number of aromatic hydroxyl groups is 1. The summed E-state index contributed by atoms with van der Waals surface area (Å²) in [5.74, 6) is 0.0723. The number of aryl methyl sites for hydroxylation is 2. The number of anilines is 2. The van der Waals surface area contributed by atoms with Gasteiger partial charge in [0.15, 0.2) is 0 Å². The fourth-order valence-electron chi connectivity index (χ4n) is 3.27. The Kier molecular flexibility index (Phi) is 5.61. The number of nitrogens with zero attached hydrogens (tertiary/aromatic N) is 3. The summed E-state index contributed by atoms with van der Waals surface area (Å²) in [5.41, 5.74) is 3.99. The lowest BCUT2D eigenvalue weighted by molar-refractivity contribution is 0.0953. The van der Waals surface area contributed by atoms with E-state index in [2.05, 4.69) is 20.6 Å². The first-order valence-corrected chi connectivity index (χ1v) is 9.79. The highest BCUT2D eigenvalue weighted by Gasteiger charge is 2.10. The predicted octanol–water partition coefficient (Wildman–Crippen LogP) is 4.01. The fourth-order valence-corrected chi connectivity index (χ4v) is 3.27. The van der Waals surface area contributed by atoms with Crippen molar-refractivity contribution >= 4 is 28.2 Å². The van der Waals surface area contributed by atoms with Gasteiger partial charge in [-0.05, 0) is 49.2 Å². The summed E-state index contributed by atoms with van der Waals surface area (Å²) in [6.45, 7) is 3.35. The summed E-state index contributed by atoms with van der Waals surface area (Å²) < 4.78 is 1.98. The minimum Gasteiger partial charge on any atom is -0.508 e. The molecule has 0 spiro atoms. The van der Waals surface area contributed by atoms with Crippen molar-refractivity contribution in [3.8, 4) is 5.75 Å². The highest BCUT2D eigenvalue weighted by atomic mass is 16.3. The van der Waals surface area contributed by atoms with Gasteiger partial charge in [-0.2, -0.15) is 0 Å². The Labute approximate surface area is 174 Å². The van der Waals surface area contributed by atoms with Gasteiger partial charge in [-0.3, -0.25) is 9.78 Å². The van der Waals surface area contributed by atoms with E-state index in [1.807, 2.05) is 42.0 Å². The summed E-state index contributed by atoms with van der Waals surface area (Å²) in [4.78, 5) is 21.0. The minimum absolute atomic E-state index is 0.120. The van der Waals surface area contributed by atoms with Crippen LogP contribution >= 0.6 is 0 Å². The third kappa shape index (κ3) is 4.41. The monoisotopic (exact) mass is 401 g/mol. The molecule has 1 amide bonds. The first kappa shape index (κ1) is 19.4. The third-order valence-corrected chi connectivity index (χ3v) is 4.93. The molecule has 152 valence electrons. The van der Waals surface area contributed by atoms with Crippen LogP contribution in [0.1, 0.15) is 22.3 Å². The van der Waals surface area contributed by atoms with E-state index < -0.39 is 0 Å². The molecule has 7 heteroatoms. The van der Waals surface area contributed by atoms with E-state index in [0.29, 0.717) is 12.1 Å².